The molecule has 104 valence electrons. The topological polar surface area (TPSA) is 72.2 Å². The zero-order valence-electron chi connectivity index (χ0n) is 10.6. The van der Waals surface area contributed by atoms with Gasteiger partial charge in [-0.3, -0.25) is 9.59 Å². The lowest BCUT2D eigenvalue weighted by Gasteiger charge is -2.14. The van der Waals surface area contributed by atoms with Crippen molar-refractivity contribution in [1.29, 1.82) is 0 Å². The van der Waals surface area contributed by atoms with E-state index in [2.05, 4.69) is 5.32 Å². The zero-order chi connectivity index (χ0) is 14.4. The number of primary amides is 1. The highest BCUT2D eigenvalue weighted by molar-refractivity contribution is 5.87. The van der Waals surface area contributed by atoms with E-state index in [1.54, 1.807) is 0 Å². The molecule has 6 heteroatoms. The van der Waals surface area contributed by atoms with E-state index >= 15 is 0 Å². The molecule has 0 aliphatic carbocycles. The number of nitrogens with two attached hydrogens (primary N) is 1. The number of hydrogen-bond acceptors (Lipinski definition) is 2. The van der Waals surface area contributed by atoms with Crippen molar-refractivity contribution in [2.45, 2.75) is 32.2 Å². The second-order valence-electron chi connectivity index (χ2n) is 4.27. The van der Waals surface area contributed by atoms with Crippen molar-refractivity contribution in [2.75, 3.05) is 0 Å². The number of amides is 2. The molecule has 1 atom stereocenters. The molecule has 19 heavy (non-hydrogen) atoms. The Kier molecular flexibility index (Phi) is 5.41. The van der Waals surface area contributed by atoms with Gasteiger partial charge < -0.3 is 11.1 Å². The number of halogens is 2. The van der Waals surface area contributed by atoms with E-state index in [9.17, 15) is 18.4 Å². The molecule has 1 aromatic carbocycles. The molecule has 0 spiro atoms. The van der Waals surface area contributed by atoms with E-state index in [1.165, 1.54) is 0 Å². The number of benzene rings is 1. The van der Waals surface area contributed by atoms with E-state index in [0.29, 0.717) is 12.8 Å². The van der Waals surface area contributed by atoms with E-state index in [4.69, 9.17) is 5.73 Å². The molecule has 0 fully saturated rings. The standard InChI is InChI=1S/C13H16F2N2O2/c1-2-3-11(13(16)19)17-12(18)6-8-4-9(14)7-10(15)5-8/h4-5,7,11H,2-3,6H2,1H3,(H2,16,19)(H,17,18). The molecule has 0 saturated carbocycles. The summed E-state index contributed by atoms with van der Waals surface area (Å²) in [5, 5.41) is 2.45. The predicted molar refractivity (Wildman–Crippen MR) is 66.1 cm³/mol. The van der Waals surface area contributed by atoms with Gasteiger partial charge in [-0.15, -0.1) is 0 Å². The monoisotopic (exact) mass is 270 g/mol. The van der Waals surface area contributed by atoms with Gasteiger partial charge in [-0.25, -0.2) is 8.78 Å². The molecule has 0 aliphatic heterocycles. The van der Waals surface area contributed by atoms with Crippen LogP contribution in [0.15, 0.2) is 18.2 Å². The first-order valence-electron chi connectivity index (χ1n) is 5.96. The summed E-state index contributed by atoms with van der Waals surface area (Å²) in [6.45, 7) is 1.85. The van der Waals surface area contributed by atoms with Gasteiger partial charge in [0.25, 0.3) is 0 Å². The Morgan fingerprint density at radius 3 is 2.32 bits per heavy atom. The van der Waals surface area contributed by atoms with Crippen LogP contribution in [-0.4, -0.2) is 17.9 Å². The molecular weight excluding hydrogens is 254 g/mol. The van der Waals surface area contributed by atoms with Gasteiger partial charge in [0.05, 0.1) is 6.42 Å². The summed E-state index contributed by atoms with van der Waals surface area (Å²) < 4.78 is 25.9. The minimum atomic E-state index is -0.754. The summed E-state index contributed by atoms with van der Waals surface area (Å²) in [6.07, 6.45) is 0.906. The van der Waals surface area contributed by atoms with Crippen LogP contribution in [0.5, 0.6) is 0 Å². The molecule has 0 radical (unpaired) electrons. The first kappa shape index (κ1) is 15.1. The van der Waals surface area contributed by atoms with Crippen LogP contribution in [-0.2, 0) is 16.0 Å². The van der Waals surface area contributed by atoms with Gasteiger partial charge in [-0.05, 0) is 24.1 Å². The first-order chi connectivity index (χ1) is 8.92. The van der Waals surface area contributed by atoms with Crippen LogP contribution in [0.3, 0.4) is 0 Å². The maximum atomic E-state index is 12.9. The number of rotatable bonds is 6. The van der Waals surface area contributed by atoms with Gasteiger partial charge in [-0.1, -0.05) is 13.3 Å². The number of carbonyl (C=O) groups excluding carboxylic acids is 2. The fraction of sp³-hybridized carbons (Fsp3) is 0.385. The quantitative estimate of drug-likeness (QED) is 0.817. The average molecular weight is 270 g/mol. The molecule has 2 amide bonds. The maximum Gasteiger partial charge on any atom is 0.239 e. The van der Waals surface area contributed by atoms with E-state index in [0.717, 1.165) is 18.2 Å². The summed E-state index contributed by atoms with van der Waals surface area (Å²) in [5.74, 6) is -2.62. The maximum absolute atomic E-state index is 12.9. The second-order valence-corrected chi connectivity index (χ2v) is 4.27. The highest BCUT2D eigenvalue weighted by atomic mass is 19.1. The van der Waals surface area contributed by atoms with E-state index in [1.807, 2.05) is 6.92 Å². The van der Waals surface area contributed by atoms with Crippen molar-refractivity contribution in [2.24, 2.45) is 5.73 Å². The first-order valence-corrected chi connectivity index (χ1v) is 5.96. The van der Waals surface area contributed by atoms with Crippen LogP contribution in [0.1, 0.15) is 25.3 Å². The fourth-order valence-corrected chi connectivity index (χ4v) is 1.72. The SMILES string of the molecule is CCCC(NC(=O)Cc1cc(F)cc(F)c1)C(N)=O. The normalized spacial score (nSPS) is 11.9. The smallest absolute Gasteiger partial charge is 0.239 e. The molecule has 0 heterocycles. The lowest BCUT2D eigenvalue weighted by molar-refractivity contribution is -0.127. The number of hydrogen-bond donors (Lipinski definition) is 2. The highest BCUT2D eigenvalue weighted by Crippen LogP contribution is 2.09. The van der Waals surface area contributed by atoms with Crippen molar-refractivity contribution in [3.63, 3.8) is 0 Å². The lowest BCUT2D eigenvalue weighted by Crippen LogP contribution is -2.44. The minimum absolute atomic E-state index is 0.203. The number of carbonyl (C=O) groups is 2. The third-order valence-corrected chi connectivity index (χ3v) is 2.54. The summed E-state index contributed by atoms with van der Waals surface area (Å²) >= 11 is 0. The number of nitrogens with one attached hydrogen (secondary N) is 1. The molecule has 0 aromatic heterocycles. The highest BCUT2D eigenvalue weighted by Gasteiger charge is 2.17. The van der Waals surface area contributed by atoms with E-state index in [-0.39, 0.29) is 12.0 Å². The molecular formula is C13H16F2N2O2. The van der Waals surface area contributed by atoms with Crippen LogP contribution < -0.4 is 11.1 Å². The van der Waals surface area contributed by atoms with Crippen LogP contribution in [0.2, 0.25) is 0 Å². The Balaban J connectivity index is 2.66. The van der Waals surface area contributed by atoms with Gasteiger partial charge in [0.15, 0.2) is 0 Å². The Morgan fingerprint density at radius 1 is 1.26 bits per heavy atom. The van der Waals surface area contributed by atoms with Crippen molar-refractivity contribution in [3.05, 3.63) is 35.4 Å². The summed E-state index contributed by atoms with van der Waals surface area (Å²) in [6, 6.07) is 2.12. The molecule has 0 saturated heterocycles. The molecule has 0 aliphatic rings. The van der Waals surface area contributed by atoms with Gasteiger partial charge in [0, 0.05) is 6.07 Å². The largest absolute Gasteiger partial charge is 0.368 e. The Labute approximate surface area is 110 Å². The van der Waals surface area contributed by atoms with Gasteiger partial charge in [0.2, 0.25) is 11.8 Å². The molecule has 0 bridgehead atoms. The van der Waals surface area contributed by atoms with Crippen molar-refractivity contribution < 1.29 is 18.4 Å². The average Bonchev–Trinajstić information content (AvgIpc) is 2.26. The van der Waals surface area contributed by atoms with Gasteiger partial charge >= 0.3 is 0 Å². The Morgan fingerprint density at radius 2 is 1.84 bits per heavy atom. The van der Waals surface area contributed by atoms with Gasteiger partial charge in [-0.2, -0.15) is 0 Å². The molecule has 4 nitrogen and oxygen atoms in total. The predicted octanol–water partition coefficient (Wildman–Crippen LogP) is 1.28. The third-order valence-electron chi connectivity index (χ3n) is 2.54. The fourth-order valence-electron chi connectivity index (χ4n) is 1.72. The molecule has 1 rings (SSSR count). The Bertz CT molecular complexity index is 457. The van der Waals surface area contributed by atoms with Crippen molar-refractivity contribution in [3.8, 4) is 0 Å². The van der Waals surface area contributed by atoms with Crippen molar-refractivity contribution in [1.82, 2.24) is 5.32 Å². The zero-order valence-corrected chi connectivity index (χ0v) is 10.6. The lowest BCUT2D eigenvalue weighted by atomic mass is 10.1. The van der Waals surface area contributed by atoms with Crippen LogP contribution in [0.25, 0.3) is 0 Å². The molecule has 1 unspecified atom stereocenters. The molecule has 1 aromatic rings. The van der Waals surface area contributed by atoms with Crippen LogP contribution in [0, 0.1) is 11.6 Å². The van der Waals surface area contributed by atoms with Crippen LogP contribution >= 0.6 is 0 Å². The summed E-state index contributed by atoms with van der Waals surface area (Å²) in [4.78, 5) is 22.7. The Hall–Kier alpha value is -1.98. The molecule has 3 N–H and O–H groups in total. The van der Waals surface area contributed by atoms with Crippen molar-refractivity contribution >= 4 is 11.8 Å². The van der Waals surface area contributed by atoms with Crippen LogP contribution in [0.4, 0.5) is 8.78 Å². The third kappa shape index (κ3) is 5.03. The minimum Gasteiger partial charge on any atom is -0.368 e. The van der Waals surface area contributed by atoms with Gasteiger partial charge in [0.1, 0.15) is 17.7 Å². The summed E-state index contributed by atoms with van der Waals surface area (Å²) in [5.41, 5.74) is 5.34. The summed E-state index contributed by atoms with van der Waals surface area (Å²) in [7, 11) is 0. The second kappa shape index (κ2) is 6.82. The van der Waals surface area contributed by atoms with E-state index < -0.39 is 29.5 Å².